The van der Waals surface area contributed by atoms with E-state index in [1.54, 1.807) is 0 Å². The molecule has 0 spiro atoms. The van der Waals surface area contributed by atoms with Gasteiger partial charge in [-0.15, -0.1) is 0 Å². The minimum absolute atomic E-state index is 0.359. The zero-order valence-corrected chi connectivity index (χ0v) is 11.2. The fourth-order valence-electron chi connectivity index (χ4n) is 2.22. The summed E-state index contributed by atoms with van der Waals surface area (Å²) < 4.78 is 0. The molecule has 0 amide bonds. The van der Waals surface area contributed by atoms with Crippen LogP contribution in [0.4, 0.5) is 5.69 Å². The Balaban J connectivity index is 2.10. The van der Waals surface area contributed by atoms with Crippen LogP contribution < -0.4 is 10.6 Å². The second-order valence-corrected chi connectivity index (χ2v) is 5.39. The molecule has 92 valence electrons. The predicted molar refractivity (Wildman–Crippen MR) is 75.3 cm³/mol. The number of aromatic nitrogens is 1. The predicted octanol–water partition coefficient (Wildman–Crippen LogP) is 2.20. The number of thiocarbonyl (C=S) groups is 1. The van der Waals surface area contributed by atoms with E-state index in [4.69, 9.17) is 18.0 Å². The van der Waals surface area contributed by atoms with E-state index in [0.29, 0.717) is 10.7 Å². The Labute approximate surface area is 108 Å². The van der Waals surface area contributed by atoms with Crippen LogP contribution in [0.25, 0.3) is 0 Å². The van der Waals surface area contributed by atoms with Crippen molar-refractivity contribution in [1.29, 1.82) is 0 Å². The number of rotatable bonds is 2. The van der Waals surface area contributed by atoms with Gasteiger partial charge in [-0.2, -0.15) is 0 Å². The minimum Gasteiger partial charge on any atom is -0.388 e. The molecule has 1 aliphatic rings. The highest BCUT2D eigenvalue weighted by Gasteiger charge is 2.22. The molecule has 2 atom stereocenters. The van der Waals surface area contributed by atoms with Crippen molar-refractivity contribution >= 4 is 22.9 Å². The van der Waals surface area contributed by atoms with Crippen molar-refractivity contribution in [2.24, 2.45) is 17.6 Å². The first-order valence-corrected chi connectivity index (χ1v) is 6.49. The van der Waals surface area contributed by atoms with Gasteiger partial charge < -0.3 is 10.6 Å². The molecule has 2 heterocycles. The number of nitrogens with zero attached hydrogens (tertiary/aromatic N) is 2. The van der Waals surface area contributed by atoms with E-state index in [9.17, 15) is 0 Å². The Kier molecular flexibility index (Phi) is 3.62. The van der Waals surface area contributed by atoms with Crippen LogP contribution in [0, 0.1) is 11.8 Å². The molecule has 3 nitrogen and oxygen atoms in total. The quantitative estimate of drug-likeness (QED) is 0.816. The summed E-state index contributed by atoms with van der Waals surface area (Å²) in [6.45, 7) is 6.86. The van der Waals surface area contributed by atoms with Crippen LogP contribution in [0.5, 0.6) is 0 Å². The number of piperidine rings is 1. The highest BCUT2D eigenvalue weighted by atomic mass is 32.1. The molecule has 0 saturated carbocycles. The number of hydrogen-bond donors (Lipinski definition) is 1. The first kappa shape index (κ1) is 12.3. The molecule has 1 fully saturated rings. The van der Waals surface area contributed by atoms with Crippen molar-refractivity contribution in [2.45, 2.75) is 20.3 Å². The lowest BCUT2D eigenvalue weighted by Crippen LogP contribution is -2.38. The van der Waals surface area contributed by atoms with Crippen molar-refractivity contribution in [3.63, 3.8) is 0 Å². The van der Waals surface area contributed by atoms with Crippen molar-refractivity contribution in [3.05, 3.63) is 24.0 Å². The molecule has 2 unspecified atom stereocenters. The standard InChI is InChI=1S/C13H19N3S/c1-9-5-6-16(8-10(9)2)11-3-4-12(13(14)17)15-7-11/h3-4,7,9-10H,5-6,8H2,1-2H3,(H2,14,17). The Hall–Kier alpha value is -1.16. The summed E-state index contributed by atoms with van der Waals surface area (Å²) in [5.41, 5.74) is 7.40. The molecule has 1 aliphatic heterocycles. The Morgan fingerprint density at radius 2 is 2.18 bits per heavy atom. The Morgan fingerprint density at radius 3 is 2.71 bits per heavy atom. The van der Waals surface area contributed by atoms with Gasteiger partial charge in [0.25, 0.3) is 0 Å². The number of pyridine rings is 1. The molecule has 1 aromatic heterocycles. The molecule has 0 radical (unpaired) electrons. The second kappa shape index (κ2) is 5.00. The summed E-state index contributed by atoms with van der Waals surface area (Å²) in [4.78, 5) is 7.04. The molecular weight excluding hydrogens is 230 g/mol. The van der Waals surface area contributed by atoms with E-state index in [1.165, 1.54) is 12.1 Å². The van der Waals surface area contributed by atoms with Gasteiger partial charge in [-0.1, -0.05) is 26.1 Å². The average molecular weight is 249 g/mol. The van der Waals surface area contributed by atoms with Crippen LogP contribution in [0.2, 0.25) is 0 Å². The molecule has 0 aliphatic carbocycles. The second-order valence-electron chi connectivity index (χ2n) is 4.96. The van der Waals surface area contributed by atoms with E-state index < -0.39 is 0 Å². The lowest BCUT2D eigenvalue weighted by Gasteiger charge is -2.36. The Bertz CT molecular complexity index is 402. The fraction of sp³-hybridized carbons (Fsp3) is 0.538. The van der Waals surface area contributed by atoms with Gasteiger partial charge in [0.2, 0.25) is 0 Å². The number of nitrogens with two attached hydrogens (primary N) is 1. The lowest BCUT2D eigenvalue weighted by atomic mass is 9.88. The molecule has 2 N–H and O–H groups in total. The van der Waals surface area contributed by atoms with Crippen molar-refractivity contribution in [3.8, 4) is 0 Å². The monoisotopic (exact) mass is 249 g/mol. The minimum atomic E-state index is 0.359. The van der Waals surface area contributed by atoms with Crippen molar-refractivity contribution < 1.29 is 0 Å². The third kappa shape index (κ3) is 2.75. The molecule has 2 rings (SSSR count). The van der Waals surface area contributed by atoms with Crippen LogP contribution in [0.15, 0.2) is 18.3 Å². The van der Waals surface area contributed by atoms with Gasteiger partial charge in [0.1, 0.15) is 4.99 Å². The molecule has 0 aromatic carbocycles. The largest absolute Gasteiger partial charge is 0.388 e. The molecule has 17 heavy (non-hydrogen) atoms. The Morgan fingerprint density at radius 1 is 1.41 bits per heavy atom. The maximum absolute atomic E-state index is 5.54. The van der Waals surface area contributed by atoms with Crippen LogP contribution in [0.1, 0.15) is 26.0 Å². The highest BCUT2D eigenvalue weighted by Crippen LogP contribution is 2.26. The summed E-state index contributed by atoms with van der Waals surface area (Å²) in [5.74, 6) is 1.55. The van der Waals surface area contributed by atoms with Crippen LogP contribution in [-0.2, 0) is 0 Å². The average Bonchev–Trinajstić information content (AvgIpc) is 2.33. The van der Waals surface area contributed by atoms with Crippen LogP contribution in [-0.4, -0.2) is 23.1 Å². The van der Waals surface area contributed by atoms with E-state index in [2.05, 4.69) is 29.8 Å². The van der Waals surface area contributed by atoms with Crippen LogP contribution in [0.3, 0.4) is 0 Å². The van der Waals surface area contributed by atoms with Crippen LogP contribution >= 0.6 is 12.2 Å². The maximum atomic E-state index is 5.54. The summed E-state index contributed by atoms with van der Waals surface area (Å²) in [6, 6.07) is 3.96. The zero-order valence-electron chi connectivity index (χ0n) is 10.4. The van der Waals surface area contributed by atoms with Crippen molar-refractivity contribution in [2.75, 3.05) is 18.0 Å². The fourth-order valence-corrected chi connectivity index (χ4v) is 2.34. The summed E-state index contributed by atoms with van der Waals surface area (Å²) in [5, 5.41) is 0. The zero-order chi connectivity index (χ0) is 12.4. The molecule has 1 aromatic rings. The third-order valence-corrected chi connectivity index (χ3v) is 3.91. The van der Waals surface area contributed by atoms with Gasteiger partial charge in [-0.25, -0.2) is 0 Å². The number of anilines is 1. The normalized spacial score (nSPS) is 24.7. The van der Waals surface area contributed by atoms with E-state index in [0.717, 1.165) is 24.9 Å². The molecular formula is C13H19N3S. The first-order valence-electron chi connectivity index (χ1n) is 6.08. The molecule has 4 heteroatoms. The maximum Gasteiger partial charge on any atom is 0.122 e. The lowest BCUT2D eigenvalue weighted by molar-refractivity contribution is 0.324. The van der Waals surface area contributed by atoms with E-state index in [-0.39, 0.29) is 0 Å². The van der Waals surface area contributed by atoms with E-state index >= 15 is 0 Å². The van der Waals surface area contributed by atoms with Crippen molar-refractivity contribution in [1.82, 2.24) is 4.98 Å². The van der Waals surface area contributed by atoms with Gasteiger partial charge in [-0.3, -0.25) is 4.98 Å². The summed E-state index contributed by atoms with van der Waals surface area (Å²) in [6.07, 6.45) is 3.12. The highest BCUT2D eigenvalue weighted by molar-refractivity contribution is 7.80. The SMILES string of the molecule is CC1CCN(c2ccc(C(N)=S)nc2)CC1C. The molecule has 0 bridgehead atoms. The van der Waals surface area contributed by atoms with Gasteiger partial charge in [0, 0.05) is 13.1 Å². The first-order chi connectivity index (χ1) is 8.08. The topological polar surface area (TPSA) is 42.1 Å². The van der Waals surface area contributed by atoms with E-state index in [1.807, 2.05) is 12.3 Å². The van der Waals surface area contributed by atoms with Gasteiger partial charge >= 0.3 is 0 Å². The summed E-state index contributed by atoms with van der Waals surface area (Å²) >= 11 is 4.90. The number of hydrogen-bond acceptors (Lipinski definition) is 3. The van der Waals surface area contributed by atoms with Gasteiger partial charge in [0.05, 0.1) is 17.6 Å². The third-order valence-electron chi connectivity index (χ3n) is 3.70. The smallest absolute Gasteiger partial charge is 0.122 e. The summed E-state index contributed by atoms with van der Waals surface area (Å²) in [7, 11) is 0. The molecule has 1 saturated heterocycles. The van der Waals surface area contributed by atoms with Gasteiger partial charge in [-0.05, 0) is 30.4 Å². The van der Waals surface area contributed by atoms with Gasteiger partial charge in [0.15, 0.2) is 0 Å².